The molecule has 0 aliphatic rings. The molecule has 2 heterocycles. The van der Waals surface area contributed by atoms with E-state index in [1.54, 1.807) is 24.3 Å². The first-order valence-electron chi connectivity index (χ1n) is 6.47. The van der Waals surface area contributed by atoms with Gasteiger partial charge in [0, 0.05) is 10.6 Å². The lowest BCUT2D eigenvalue weighted by Crippen LogP contribution is -2.13. The van der Waals surface area contributed by atoms with Crippen molar-refractivity contribution >= 4 is 40.5 Å². The molecule has 7 heteroatoms. The molecule has 0 N–H and O–H groups in total. The summed E-state index contributed by atoms with van der Waals surface area (Å²) in [5, 5.41) is 10.6. The van der Waals surface area contributed by atoms with Gasteiger partial charge in [-0.25, -0.2) is 0 Å². The predicted molar refractivity (Wildman–Crippen MR) is 88.7 cm³/mol. The van der Waals surface area contributed by atoms with E-state index in [2.05, 4.69) is 10.2 Å². The van der Waals surface area contributed by atoms with Crippen LogP contribution in [0.5, 0.6) is 0 Å². The van der Waals surface area contributed by atoms with Crippen molar-refractivity contribution in [2.75, 3.05) is 0 Å². The van der Waals surface area contributed by atoms with Gasteiger partial charge in [0.2, 0.25) is 0 Å². The Morgan fingerprint density at radius 3 is 2.73 bits per heavy atom. The number of thioether (sulfide) groups is 1. The molecular formula is C15H11ClN2O2S2. The SMILES string of the molecule is CC(Sc1nnc(-c2cccs2)o1)C(=O)c1ccc(Cl)cc1. The molecule has 1 atom stereocenters. The number of halogens is 1. The van der Waals surface area contributed by atoms with Gasteiger partial charge in [-0.05, 0) is 42.6 Å². The second kappa shape index (κ2) is 6.64. The molecule has 0 saturated heterocycles. The van der Waals surface area contributed by atoms with Crippen LogP contribution in [0.25, 0.3) is 10.8 Å². The summed E-state index contributed by atoms with van der Waals surface area (Å²) in [6.45, 7) is 1.82. The Bertz CT molecular complexity index is 769. The first kappa shape index (κ1) is 15.3. The van der Waals surface area contributed by atoms with Crippen LogP contribution in [0.1, 0.15) is 17.3 Å². The van der Waals surface area contributed by atoms with E-state index in [4.69, 9.17) is 16.0 Å². The quantitative estimate of drug-likeness (QED) is 0.488. The molecule has 0 radical (unpaired) electrons. The lowest BCUT2D eigenvalue weighted by Gasteiger charge is -2.07. The van der Waals surface area contributed by atoms with Crippen LogP contribution in [-0.4, -0.2) is 21.2 Å². The number of carbonyl (C=O) groups excluding carboxylic acids is 1. The second-order valence-electron chi connectivity index (χ2n) is 4.48. The van der Waals surface area contributed by atoms with E-state index in [1.807, 2.05) is 24.4 Å². The maximum absolute atomic E-state index is 12.3. The maximum atomic E-state index is 12.3. The zero-order chi connectivity index (χ0) is 15.5. The molecule has 4 nitrogen and oxygen atoms in total. The van der Waals surface area contributed by atoms with Gasteiger partial charge in [0.15, 0.2) is 5.78 Å². The molecule has 0 aliphatic heterocycles. The van der Waals surface area contributed by atoms with Gasteiger partial charge in [0.1, 0.15) is 0 Å². The molecule has 22 heavy (non-hydrogen) atoms. The first-order valence-corrected chi connectivity index (χ1v) is 8.61. The van der Waals surface area contributed by atoms with Crippen molar-refractivity contribution < 1.29 is 9.21 Å². The monoisotopic (exact) mass is 350 g/mol. The van der Waals surface area contributed by atoms with Gasteiger partial charge in [-0.3, -0.25) is 4.79 Å². The largest absolute Gasteiger partial charge is 0.410 e. The van der Waals surface area contributed by atoms with Crippen LogP contribution in [0.4, 0.5) is 0 Å². The molecule has 1 aromatic carbocycles. The topological polar surface area (TPSA) is 56.0 Å². The molecule has 2 aromatic heterocycles. The summed E-state index contributed by atoms with van der Waals surface area (Å²) in [6.07, 6.45) is 0. The van der Waals surface area contributed by atoms with Crippen LogP contribution in [0.2, 0.25) is 5.02 Å². The van der Waals surface area contributed by atoms with Crippen LogP contribution >= 0.6 is 34.7 Å². The Labute approximate surface area is 140 Å². The van der Waals surface area contributed by atoms with Crippen LogP contribution in [0.3, 0.4) is 0 Å². The van der Waals surface area contributed by atoms with Crippen molar-refractivity contribution in [2.24, 2.45) is 0 Å². The van der Waals surface area contributed by atoms with Gasteiger partial charge < -0.3 is 4.42 Å². The van der Waals surface area contributed by atoms with Crippen LogP contribution in [-0.2, 0) is 0 Å². The average molecular weight is 351 g/mol. The molecule has 0 amide bonds. The zero-order valence-corrected chi connectivity index (χ0v) is 13.9. The first-order chi connectivity index (χ1) is 10.6. The fraction of sp³-hybridized carbons (Fsp3) is 0.133. The zero-order valence-electron chi connectivity index (χ0n) is 11.5. The number of nitrogens with zero attached hydrogens (tertiary/aromatic N) is 2. The fourth-order valence-electron chi connectivity index (χ4n) is 1.81. The van der Waals surface area contributed by atoms with E-state index in [9.17, 15) is 4.79 Å². The lowest BCUT2D eigenvalue weighted by atomic mass is 10.1. The number of Topliss-reactive ketones (excluding diaryl/α,β-unsaturated/α-hetero) is 1. The summed E-state index contributed by atoms with van der Waals surface area (Å²) in [4.78, 5) is 13.3. The van der Waals surface area contributed by atoms with Gasteiger partial charge in [0.05, 0.1) is 10.1 Å². The molecule has 0 saturated carbocycles. The molecule has 0 aliphatic carbocycles. The van der Waals surface area contributed by atoms with Crippen molar-refractivity contribution in [3.63, 3.8) is 0 Å². The number of aromatic nitrogens is 2. The van der Waals surface area contributed by atoms with Gasteiger partial charge in [-0.15, -0.1) is 21.5 Å². The molecular weight excluding hydrogens is 340 g/mol. The molecule has 3 rings (SSSR count). The van der Waals surface area contributed by atoms with Crippen molar-refractivity contribution in [3.05, 3.63) is 52.4 Å². The van der Waals surface area contributed by atoms with Crippen molar-refractivity contribution in [1.29, 1.82) is 0 Å². The molecule has 0 spiro atoms. The Kier molecular flexibility index (Phi) is 4.61. The number of carbonyl (C=O) groups is 1. The van der Waals surface area contributed by atoms with E-state index in [0.717, 1.165) is 4.88 Å². The standard InChI is InChI=1S/C15H11ClN2O2S2/c1-9(13(19)10-4-6-11(16)7-5-10)22-15-18-17-14(20-15)12-3-2-8-21-12/h2-9H,1H3. The fourth-order valence-corrected chi connectivity index (χ4v) is 3.34. The molecule has 0 bridgehead atoms. The molecule has 0 fully saturated rings. The van der Waals surface area contributed by atoms with Gasteiger partial charge in [-0.1, -0.05) is 29.4 Å². The Balaban J connectivity index is 1.70. The Hall–Kier alpha value is -1.63. The van der Waals surface area contributed by atoms with E-state index >= 15 is 0 Å². The number of ketones is 1. The highest BCUT2D eigenvalue weighted by atomic mass is 35.5. The van der Waals surface area contributed by atoms with Crippen molar-refractivity contribution in [3.8, 4) is 10.8 Å². The van der Waals surface area contributed by atoms with Gasteiger partial charge >= 0.3 is 0 Å². The number of thiophene rings is 1. The van der Waals surface area contributed by atoms with Crippen molar-refractivity contribution in [1.82, 2.24) is 10.2 Å². The Morgan fingerprint density at radius 2 is 2.05 bits per heavy atom. The number of benzene rings is 1. The minimum atomic E-state index is -0.321. The summed E-state index contributed by atoms with van der Waals surface area (Å²) in [5.41, 5.74) is 0.613. The summed E-state index contributed by atoms with van der Waals surface area (Å²) in [5.74, 6) is 0.473. The van der Waals surface area contributed by atoms with Gasteiger partial charge in [0.25, 0.3) is 11.1 Å². The van der Waals surface area contributed by atoms with E-state index in [0.29, 0.717) is 21.7 Å². The molecule has 1 unspecified atom stereocenters. The maximum Gasteiger partial charge on any atom is 0.277 e. The van der Waals surface area contributed by atoms with Crippen molar-refractivity contribution in [2.45, 2.75) is 17.4 Å². The Morgan fingerprint density at radius 1 is 1.27 bits per heavy atom. The normalized spacial score (nSPS) is 12.3. The van der Waals surface area contributed by atoms with Gasteiger partial charge in [-0.2, -0.15) is 0 Å². The highest BCUT2D eigenvalue weighted by Gasteiger charge is 2.20. The third-order valence-electron chi connectivity index (χ3n) is 2.91. The molecule has 3 aromatic rings. The summed E-state index contributed by atoms with van der Waals surface area (Å²) >= 11 is 8.61. The highest BCUT2D eigenvalue weighted by Crippen LogP contribution is 2.29. The summed E-state index contributed by atoms with van der Waals surface area (Å²) < 4.78 is 5.58. The highest BCUT2D eigenvalue weighted by molar-refractivity contribution is 8.00. The smallest absolute Gasteiger partial charge is 0.277 e. The minimum absolute atomic E-state index is 0.00228. The van der Waals surface area contributed by atoms with E-state index in [-0.39, 0.29) is 11.0 Å². The lowest BCUT2D eigenvalue weighted by molar-refractivity contribution is 0.0993. The van der Waals surface area contributed by atoms with Crippen LogP contribution in [0.15, 0.2) is 51.4 Å². The third kappa shape index (κ3) is 3.40. The number of hydrogen-bond donors (Lipinski definition) is 0. The van der Waals surface area contributed by atoms with E-state index in [1.165, 1.54) is 23.1 Å². The molecule has 112 valence electrons. The summed E-state index contributed by atoms with van der Waals surface area (Å²) in [7, 11) is 0. The van der Waals surface area contributed by atoms with E-state index < -0.39 is 0 Å². The van der Waals surface area contributed by atoms with Crippen LogP contribution in [0, 0.1) is 0 Å². The summed E-state index contributed by atoms with van der Waals surface area (Å²) in [6, 6.07) is 10.7. The predicted octanol–water partition coefficient (Wildman–Crippen LogP) is 4.82. The number of hydrogen-bond acceptors (Lipinski definition) is 6. The second-order valence-corrected chi connectivity index (χ2v) is 7.16. The minimum Gasteiger partial charge on any atom is -0.410 e. The number of rotatable bonds is 5. The average Bonchev–Trinajstić information content (AvgIpc) is 3.18. The van der Waals surface area contributed by atoms with Crippen LogP contribution < -0.4 is 0 Å². The third-order valence-corrected chi connectivity index (χ3v) is 4.96.